The molecule has 1 aromatic heterocycles. The number of hydrogen-bond donors (Lipinski definition) is 0. The summed E-state index contributed by atoms with van der Waals surface area (Å²) in [6.45, 7) is 3.84. The summed E-state index contributed by atoms with van der Waals surface area (Å²) in [7, 11) is 0. The van der Waals surface area contributed by atoms with Crippen LogP contribution < -0.4 is 4.57 Å². The molecule has 3 heteroatoms. The Hall–Kier alpha value is -0.856. The van der Waals surface area contributed by atoms with Crippen molar-refractivity contribution in [2.75, 3.05) is 0 Å². The topological polar surface area (TPSA) is 20.9 Å². The molecule has 1 atom stereocenters. The average Bonchev–Trinajstić information content (AvgIpc) is 2.47. The minimum atomic E-state index is -0.0835. The van der Waals surface area contributed by atoms with Crippen molar-refractivity contribution in [2.45, 2.75) is 26.3 Å². The van der Waals surface area contributed by atoms with Gasteiger partial charge in [-0.3, -0.25) is 4.79 Å². The first-order chi connectivity index (χ1) is 8.72. The summed E-state index contributed by atoms with van der Waals surface area (Å²) in [4.78, 5) is 11.6. The zero-order valence-corrected chi connectivity index (χ0v) is 14.3. The Labute approximate surface area is 139 Å². The van der Waals surface area contributed by atoms with Gasteiger partial charge in [-0.1, -0.05) is 37.3 Å². The first-order valence-corrected chi connectivity index (χ1v) is 6.31. The molecular weight excluding hydrogens is 311 g/mol. The molecule has 0 aliphatic heterocycles. The van der Waals surface area contributed by atoms with E-state index in [1.165, 1.54) is 11.1 Å². The van der Waals surface area contributed by atoms with Crippen LogP contribution in [0.1, 0.15) is 26.3 Å². The second-order valence-corrected chi connectivity index (χ2v) is 4.40. The molecule has 19 heavy (non-hydrogen) atoms. The van der Waals surface area contributed by atoms with E-state index in [0.717, 1.165) is 0 Å². The second-order valence-electron chi connectivity index (χ2n) is 4.40. The fraction of sp³-hybridized carbons (Fsp3) is 0.250. The normalized spacial score (nSPS) is 11.5. The summed E-state index contributed by atoms with van der Waals surface area (Å²) in [5, 5.41) is 0. The number of benzene rings is 1. The van der Waals surface area contributed by atoms with E-state index in [-0.39, 0.29) is 44.5 Å². The van der Waals surface area contributed by atoms with Crippen LogP contribution in [0.15, 0.2) is 54.9 Å². The van der Waals surface area contributed by atoms with E-state index in [9.17, 15) is 4.79 Å². The maximum Gasteiger partial charge on any atom is 0.213 e. The van der Waals surface area contributed by atoms with Crippen LogP contribution in [0.5, 0.6) is 0 Å². The fourth-order valence-electron chi connectivity index (χ4n) is 1.98. The first-order valence-electron chi connectivity index (χ1n) is 6.31. The number of pyridine rings is 1. The van der Waals surface area contributed by atoms with Crippen molar-refractivity contribution in [3.63, 3.8) is 0 Å². The summed E-state index contributed by atoms with van der Waals surface area (Å²) < 4.78 is 1.96. The number of rotatable bonds is 4. The van der Waals surface area contributed by atoms with E-state index >= 15 is 0 Å². The molecule has 0 N–H and O–H groups in total. The third-order valence-corrected chi connectivity index (χ3v) is 3.22. The van der Waals surface area contributed by atoms with Gasteiger partial charge in [-0.2, -0.15) is 4.57 Å². The standard InChI is InChI=1S/C16H18NO.Y/c1-3-16(18)13(2)17-11-9-15(10-12-17)14-7-5-4-6-8-14;/h4-13H,3H2,1-2H3;/q+1;. The summed E-state index contributed by atoms with van der Waals surface area (Å²) in [5.41, 5.74) is 2.36. The van der Waals surface area contributed by atoms with Crippen molar-refractivity contribution < 1.29 is 42.1 Å². The summed E-state index contributed by atoms with van der Waals surface area (Å²) >= 11 is 0. The molecule has 2 nitrogen and oxygen atoms in total. The van der Waals surface area contributed by atoms with Gasteiger partial charge in [0.2, 0.25) is 6.04 Å². The maximum atomic E-state index is 11.6. The maximum absolute atomic E-state index is 11.6. The van der Waals surface area contributed by atoms with Crippen LogP contribution in [0, 0.1) is 0 Å². The SMILES string of the molecule is CCC(=O)C(C)[n+]1ccc(-c2ccccc2)cc1.[Y]. The van der Waals surface area contributed by atoms with Gasteiger partial charge in [-0.15, -0.1) is 0 Å². The average molecular weight is 329 g/mol. The smallest absolute Gasteiger partial charge is 0.213 e. The van der Waals surface area contributed by atoms with Crippen LogP contribution in [0.4, 0.5) is 0 Å². The predicted octanol–water partition coefficient (Wildman–Crippen LogP) is 3.18. The van der Waals surface area contributed by atoms with E-state index in [4.69, 9.17) is 0 Å². The van der Waals surface area contributed by atoms with Gasteiger partial charge in [0.1, 0.15) is 0 Å². The molecule has 0 saturated heterocycles. The van der Waals surface area contributed by atoms with Crippen molar-refractivity contribution in [1.29, 1.82) is 0 Å². The molecule has 2 rings (SSSR count). The molecule has 1 heterocycles. The van der Waals surface area contributed by atoms with Crippen molar-refractivity contribution in [3.8, 4) is 11.1 Å². The summed E-state index contributed by atoms with van der Waals surface area (Å²) in [5.74, 6) is 0.257. The number of nitrogens with zero attached hydrogens (tertiary/aromatic N) is 1. The van der Waals surface area contributed by atoms with Crippen LogP contribution in [-0.4, -0.2) is 5.78 Å². The van der Waals surface area contributed by atoms with Gasteiger partial charge in [0.15, 0.2) is 18.2 Å². The van der Waals surface area contributed by atoms with Gasteiger partial charge in [-0.05, 0) is 11.1 Å². The minimum Gasteiger partial charge on any atom is -0.292 e. The largest absolute Gasteiger partial charge is 0.292 e. The van der Waals surface area contributed by atoms with Crippen molar-refractivity contribution in [2.24, 2.45) is 0 Å². The van der Waals surface area contributed by atoms with Crippen LogP contribution in [0.2, 0.25) is 0 Å². The van der Waals surface area contributed by atoms with Gasteiger partial charge in [-0.25, -0.2) is 0 Å². The Kier molecular flexibility index (Phi) is 6.54. The number of Topliss-reactive ketones (excluding diaryl/α,β-unsaturated/α-hetero) is 1. The molecule has 0 amide bonds. The van der Waals surface area contributed by atoms with E-state index < -0.39 is 0 Å². The van der Waals surface area contributed by atoms with Crippen LogP contribution in [0.3, 0.4) is 0 Å². The molecule has 95 valence electrons. The molecule has 1 aromatic carbocycles. The van der Waals surface area contributed by atoms with Gasteiger partial charge < -0.3 is 0 Å². The van der Waals surface area contributed by atoms with Gasteiger partial charge in [0.05, 0.1) is 0 Å². The third-order valence-electron chi connectivity index (χ3n) is 3.22. The number of ketones is 1. The van der Waals surface area contributed by atoms with Crippen LogP contribution >= 0.6 is 0 Å². The van der Waals surface area contributed by atoms with E-state index in [2.05, 4.69) is 24.3 Å². The molecule has 0 aliphatic rings. The molecule has 1 radical (unpaired) electrons. The molecule has 2 aromatic rings. The van der Waals surface area contributed by atoms with Crippen LogP contribution in [0.25, 0.3) is 11.1 Å². The monoisotopic (exact) mass is 329 g/mol. The Morgan fingerprint density at radius 3 is 2.11 bits per heavy atom. The predicted molar refractivity (Wildman–Crippen MR) is 72.1 cm³/mol. The van der Waals surface area contributed by atoms with Crippen molar-refractivity contribution >= 4 is 5.78 Å². The Morgan fingerprint density at radius 1 is 1.05 bits per heavy atom. The number of aromatic nitrogens is 1. The van der Waals surface area contributed by atoms with Crippen molar-refractivity contribution in [1.82, 2.24) is 0 Å². The molecule has 0 aliphatic carbocycles. The number of carbonyl (C=O) groups excluding carboxylic acids is 1. The number of carbonyl (C=O) groups is 1. The zero-order chi connectivity index (χ0) is 13.0. The molecular formula is C16H18NOY+. The summed E-state index contributed by atoms with van der Waals surface area (Å²) in [6.07, 6.45) is 4.52. The van der Waals surface area contributed by atoms with E-state index in [0.29, 0.717) is 6.42 Å². The molecule has 0 bridgehead atoms. The summed E-state index contributed by atoms with van der Waals surface area (Å²) in [6, 6.07) is 14.2. The van der Waals surface area contributed by atoms with Gasteiger partial charge >= 0.3 is 0 Å². The zero-order valence-electron chi connectivity index (χ0n) is 11.4. The molecule has 0 saturated carbocycles. The Morgan fingerprint density at radius 2 is 1.58 bits per heavy atom. The third kappa shape index (κ3) is 4.05. The van der Waals surface area contributed by atoms with Crippen molar-refractivity contribution in [3.05, 3.63) is 54.9 Å². The molecule has 0 spiro atoms. The number of hydrogen-bond acceptors (Lipinski definition) is 1. The second kappa shape index (κ2) is 7.66. The minimum absolute atomic E-state index is 0. The quantitative estimate of drug-likeness (QED) is 0.789. The fourth-order valence-corrected chi connectivity index (χ4v) is 1.98. The van der Waals surface area contributed by atoms with Gasteiger partial charge in [0, 0.05) is 58.2 Å². The van der Waals surface area contributed by atoms with Crippen LogP contribution in [-0.2, 0) is 37.5 Å². The Bertz CT molecular complexity index is 522. The first kappa shape index (κ1) is 16.2. The molecule has 0 fully saturated rings. The van der Waals surface area contributed by atoms with E-state index in [1.807, 2.05) is 49.0 Å². The van der Waals surface area contributed by atoms with Gasteiger partial charge in [0.25, 0.3) is 0 Å². The Balaban J connectivity index is 0.00000180. The van der Waals surface area contributed by atoms with E-state index in [1.54, 1.807) is 0 Å². The molecule has 1 unspecified atom stereocenters.